The van der Waals surface area contributed by atoms with E-state index in [1.807, 2.05) is 11.8 Å². The quantitative estimate of drug-likeness (QED) is 0.603. The number of aliphatic hydroxyl groups excluding tert-OH is 1. The van der Waals surface area contributed by atoms with Gasteiger partial charge >= 0.3 is 0 Å². The Morgan fingerprint density at radius 2 is 2.06 bits per heavy atom. The highest BCUT2D eigenvalue weighted by Gasteiger charge is 2.21. The molecule has 1 saturated heterocycles. The number of thioether (sulfide) groups is 1. The Morgan fingerprint density at radius 1 is 1.44 bits per heavy atom. The number of hydrogen-bond donors (Lipinski definition) is 2. The molecule has 1 heterocycles. The van der Waals surface area contributed by atoms with Crippen LogP contribution in [0.2, 0.25) is 0 Å². The number of nitrogens with one attached hydrogen (secondary N) is 1. The molecule has 0 bridgehead atoms. The van der Waals surface area contributed by atoms with E-state index >= 15 is 0 Å². The van der Waals surface area contributed by atoms with E-state index in [9.17, 15) is 5.11 Å². The summed E-state index contributed by atoms with van der Waals surface area (Å²) in [5.41, 5.74) is 0. The number of piperidine rings is 1. The summed E-state index contributed by atoms with van der Waals surface area (Å²) in [4.78, 5) is 6.99. The van der Waals surface area contributed by atoms with Crippen LogP contribution in [0.1, 0.15) is 33.6 Å². The lowest BCUT2D eigenvalue weighted by Crippen LogP contribution is -2.47. The molecule has 0 amide bonds. The molecular formula is C13H27N3OS. The van der Waals surface area contributed by atoms with Crippen LogP contribution < -0.4 is 5.32 Å². The van der Waals surface area contributed by atoms with Crippen molar-refractivity contribution >= 4 is 17.7 Å². The molecular weight excluding hydrogens is 246 g/mol. The second-order valence-electron chi connectivity index (χ2n) is 5.35. The fraction of sp³-hybridized carbons (Fsp3) is 0.923. The minimum atomic E-state index is -0.133. The van der Waals surface area contributed by atoms with Gasteiger partial charge in [0.1, 0.15) is 0 Å². The van der Waals surface area contributed by atoms with Gasteiger partial charge in [0.2, 0.25) is 0 Å². The van der Waals surface area contributed by atoms with Crippen molar-refractivity contribution in [1.29, 1.82) is 0 Å². The second-order valence-corrected chi connectivity index (χ2v) is 6.87. The van der Waals surface area contributed by atoms with Crippen molar-refractivity contribution < 1.29 is 5.11 Å². The fourth-order valence-corrected chi connectivity index (χ4v) is 2.03. The van der Waals surface area contributed by atoms with Gasteiger partial charge in [-0.15, -0.1) is 0 Å². The summed E-state index contributed by atoms with van der Waals surface area (Å²) in [5, 5.41) is 12.9. The molecule has 0 atom stereocenters. The van der Waals surface area contributed by atoms with E-state index in [0.29, 0.717) is 0 Å². The smallest absolute Gasteiger partial charge is 0.193 e. The summed E-state index contributed by atoms with van der Waals surface area (Å²) in [6, 6.07) is 0. The van der Waals surface area contributed by atoms with Gasteiger partial charge in [0.25, 0.3) is 0 Å². The summed E-state index contributed by atoms with van der Waals surface area (Å²) < 4.78 is 0.177. The summed E-state index contributed by atoms with van der Waals surface area (Å²) in [7, 11) is 0. The van der Waals surface area contributed by atoms with Crippen LogP contribution in [0, 0.1) is 0 Å². The topological polar surface area (TPSA) is 47.9 Å². The standard InChI is InChI=1S/C13H27N3OS/c1-5-14-12(15-10-13(2,3)18-4)16-8-6-11(17)7-9-16/h11,17H,5-10H2,1-4H3,(H,14,15). The van der Waals surface area contributed by atoms with Crippen LogP contribution in [-0.4, -0.2) is 59.3 Å². The van der Waals surface area contributed by atoms with Gasteiger partial charge in [0, 0.05) is 24.4 Å². The fourth-order valence-electron chi connectivity index (χ4n) is 1.83. The van der Waals surface area contributed by atoms with Crippen LogP contribution in [-0.2, 0) is 0 Å². The van der Waals surface area contributed by atoms with E-state index in [-0.39, 0.29) is 10.9 Å². The van der Waals surface area contributed by atoms with Gasteiger partial charge in [-0.1, -0.05) is 0 Å². The van der Waals surface area contributed by atoms with Gasteiger partial charge in [0.05, 0.1) is 12.6 Å². The number of likely N-dealkylation sites (tertiary alicyclic amines) is 1. The van der Waals surface area contributed by atoms with Crippen molar-refractivity contribution in [1.82, 2.24) is 10.2 Å². The monoisotopic (exact) mass is 273 g/mol. The van der Waals surface area contributed by atoms with Crippen LogP contribution >= 0.6 is 11.8 Å². The predicted molar refractivity (Wildman–Crippen MR) is 80.4 cm³/mol. The molecule has 4 nitrogen and oxygen atoms in total. The second kappa shape index (κ2) is 7.24. The van der Waals surface area contributed by atoms with E-state index in [1.165, 1.54) is 0 Å². The Labute approximate surface area is 115 Å². The first kappa shape index (κ1) is 15.6. The molecule has 5 heteroatoms. The SMILES string of the molecule is CCNC(=NCC(C)(C)SC)N1CCC(O)CC1. The number of guanidine groups is 1. The van der Waals surface area contributed by atoms with Gasteiger partial charge in [-0.2, -0.15) is 11.8 Å². The maximum atomic E-state index is 9.55. The Kier molecular flexibility index (Phi) is 6.29. The van der Waals surface area contributed by atoms with E-state index < -0.39 is 0 Å². The minimum absolute atomic E-state index is 0.133. The van der Waals surface area contributed by atoms with Crippen LogP contribution in [0.25, 0.3) is 0 Å². The van der Waals surface area contributed by atoms with Crippen molar-refractivity contribution in [2.75, 3.05) is 32.4 Å². The zero-order valence-electron chi connectivity index (χ0n) is 12.1. The molecule has 0 spiro atoms. The first-order valence-corrected chi connectivity index (χ1v) is 7.97. The van der Waals surface area contributed by atoms with Gasteiger partial charge in [-0.05, 0) is 39.9 Å². The summed E-state index contributed by atoms with van der Waals surface area (Å²) in [6.45, 7) is 10.0. The molecule has 1 rings (SSSR count). The third-order valence-electron chi connectivity index (χ3n) is 3.26. The van der Waals surface area contributed by atoms with Crippen molar-refractivity contribution in [3.8, 4) is 0 Å². The van der Waals surface area contributed by atoms with Crippen molar-refractivity contribution in [2.24, 2.45) is 4.99 Å². The first-order chi connectivity index (χ1) is 8.48. The number of aliphatic imine (C=N–C) groups is 1. The molecule has 1 aliphatic heterocycles. The molecule has 0 aromatic carbocycles. The highest BCUT2D eigenvalue weighted by atomic mass is 32.2. The highest BCUT2D eigenvalue weighted by molar-refractivity contribution is 7.99. The minimum Gasteiger partial charge on any atom is -0.393 e. The van der Waals surface area contributed by atoms with Crippen LogP contribution in [0.15, 0.2) is 4.99 Å². The molecule has 2 N–H and O–H groups in total. The largest absolute Gasteiger partial charge is 0.393 e. The van der Waals surface area contributed by atoms with Crippen LogP contribution in [0.5, 0.6) is 0 Å². The van der Waals surface area contributed by atoms with E-state index in [2.05, 4.69) is 37.2 Å². The van der Waals surface area contributed by atoms with Crippen molar-refractivity contribution in [2.45, 2.75) is 44.5 Å². The maximum Gasteiger partial charge on any atom is 0.193 e. The Hall–Kier alpha value is -0.420. The third-order valence-corrected chi connectivity index (χ3v) is 4.50. The van der Waals surface area contributed by atoms with Gasteiger partial charge in [0.15, 0.2) is 5.96 Å². The van der Waals surface area contributed by atoms with E-state index in [0.717, 1.165) is 45.0 Å². The Balaban J connectivity index is 2.61. The molecule has 0 unspecified atom stereocenters. The molecule has 106 valence electrons. The Bertz CT molecular complexity index is 273. The maximum absolute atomic E-state index is 9.55. The zero-order chi connectivity index (χ0) is 13.6. The summed E-state index contributed by atoms with van der Waals surface area (Å²) >= 11 is 1.84. The normalized spacial score (nSPS) is 19.2. The first-order valence-electron chi connectivity index (χ1n) is 6.75. The number of hydrogen-bond acceptors (Lipinski definition) is 3. The third kappa shape index (κ3) is 5.06. The average molecular weight is 273 g/mol. The van der Waals surface area contributed by atoms with Crippen LogP contribution in [0.3, 0.4) is 0 Å². The molecule has 0 aliphatic carbocycles. The molecule has 0 saturated carbocycles. The lowest BCUT2D eigenvalue weighted by Gasteiger charge is -2.33. The lowest BCUT2D eigenvalue weighted by atomic mass is 10.1. The molecule has 1 fully saturated rings. The Morgan fingerprint density at radius 3 is 2.56 bits per heavy atom. The summed E-state index contributed by atoms with van der Waals surface area (Å²) in [5.74, 6) is 0.992. The van der Waals surface area contributed by atoms with Crippen LogP contribution in [0.4, 0.5) is 0 Å². The number of rotatable bonds is 4. The molecule has 0 radical (unpaired) electrons. The molecule has 18 heavy (non-hydrogen) atoms. The van der Waals surface area contributed by atoms with Crippen molar-refractivity contribution in [3.05, 3.63) is 0 Å². The number of aliphatic hydroxyl groups is 1. The average Bonchev–Trinajstić information content (AvgIpc) is 2.36. The van der Waals surface area contributed by atoms with Gasteiger partial charge in [-0.3, -0.25) is 4.99 Å². The zero-order valence-corrected chi connectivity index (χ0v) is 12.9. The van der Waals surface area contributed by atoms with Crippen molar-refractivity contribution in [3.63, 3.8) is 0 Å². The van der Waals surface area contributed by atoms with E-state index in [4.69, 9.17) is 4.99 Å². The van der Waals surface area contributed by atoms with Gasteiger partial charge < -0.3 is 15.3 Å². The molecule has 0 aromatic rings. The van der Waals surface area contributed by atoms with E-state index in [1.54, 1.807) is 0 Å². The lowest BCUT2D eigenvalue weighted by molar-refractivity contribution is 0.108. The molecule has 1 aliphatic rings. The van der Waals surface area contributed by atoms with Gasteiger partial charge in [-0.25, -0.2) is 0 Å². The predicted octanol–water partition coefficient (Wildman–Crippen LogP) is 1.55. The summed E-state index contributed by atoms with van der Waals surface area (Å²) in [6.07, 6.45) is 3.68. The molecule has 0 aromatic heterocycles. The highest BCUT2D eigenvalue weighted by Crippen LogP contribution is 2.21. The number of nitrogens with zero attached hydrogens (tertiary/aromatic N) is 2.